The monoisotopic (exact) mass is 595 g/mol. The maximum Gasteiger partial charge on any atom is 0.417 e. The first kappa shape index (κ1) is 28.4. The lowest BCUT2D eigenvalue weighted by Gasteiger charge is -2.44. The van der Waals surface area contributed by atoms with Gasteiger partial charge in [-0.15, -0.1) is 11.8 Å². The summed E-state index contributed by atoms with van der Waals surface area (Å²) in [5.41, 5.74) is 4.77. The van der Waals surface area contributed by atoms with Crippen molar-refractivity contribution in [1.29, 1.82) is 0 Å². The SMILES string of the molecule is C=CC(=O)N1[C@H](C)CN(c2nc(=O)n3c4c(c(-c5ccc(F)c(Cl)c5)c(C(F)(F)F)cc24)SCC(N)C3)C[C@@H]1C. The van der Waals surface area contributed by atoms with Gasteiger partial charge in [-0.05, 0) is 43.7 Å². The van der Waals surface area contributed by atoms with Gasteiger partial charge in [-0.25, -0.2) is 9.18 Å². The largest absolute Gasteiger partial charge is 0.417 e. The van der Waals surface area contributed by atoms with Crippen molar-refractivity contribution in [3.05, 3.63) is 63.8 Å². The number of rotatable bonds is 3. The Morgan fingerprint density at radius 3 is 2.48 bits per heavy atom. The maximum absolute atomic E-state index is 14.7. The number of nitrogens with two attached hydrogens (primary N) is 1. The van der Waals surface area contributed by atoms with Crippen LogP contribution in [0.2, 0.25) is 5.02 Å². The highest BCUT2D eigenvalue weighted by molar-refractivity contribution is 7.99. The van der Waals surface area contributed by atoms with Crippen molar-refractivity contribution in [1.82, 2.24) is 14.5 Å². The number of hydrogen-bond acceptors (Lipinski definition) is 6. The maximum atomic E-state index is 14.7. The summed E-state index contributed by atoms with van der Waals surface area (Å²) in [6.45, 7) is 7.74. The number of carbonyl (C=O) groups is 1. The number of hydrogen-bond donors (Lipinski definition) is 1. The smallest absolute Gasteiger partial charge is 0.352 e. The molecule has 0 spiro atoms. The van der Waals surface area contributed by atoms with E-state index in [1.807, 2.05) is 13.8 Å². The van der Waals surface area contributed by atoms with Crippen LogP contribution in [-0.4, -0.2) is 57.3 Å². The van der Waals surface area contributed by atoms with Gasteiger partial charge in [0.1, 0.15) is 11.6 Å². The number of benzene rings is 2. The summed E-state index contributed by atoms with van der Waals surface area (Å²) in [7, 11) is 0. The molecule has 1 aromatic heterocycles. The van der Waals surface area contributed by atoms with Gasteiger partial charge in [0.2, 0.25) is 5.91 Å². The van der Waals surface area contributed by atoms with Crippen molar-refractivity contribution in [2.75, 3.05) is 23.7 Å². The molecule has 7 nitrogen and oxygen atoms in total. The second-order valence-electron chi connectivity index (χ2n) is 10.1. The van der Waals surface area contributed by atoms with E-state index in [1.54, 1.807) is 9.80 Å². The van der Waals surface area contributed by atoms with Gasteiger partial charge in [0, 0.05) is 59.4 Å². The lowest BCUT2D eigenvalue weighted by Crippen LogP contribution is -2.58. The molecule has 0 bridgehead atoms. The quantitative estimate of drug-likeness (QED) is 0.342. The molecule has 2 aromatic carbocycles. The Hall–Kier alpha value is -3.09. The number of amides is 1. The van der Waals surface area contributed by atoms with Crippen LogP contribution in [0.1, 0.15) is 19.4 Å². The highest BCUT2D eigenvalue weighted by Gasteiger charge is 2.39. The van der Waals surface area contributed by atoms with E-state index in [4.69, 9.17) is 17.3 Å². The second-order valence-corrected chi connectivity index (χ2v) is 11.5. The van der Waals surface area contributed by atoms with Crippen LogP contribution in [0.25, 0.3) is 22.0 Å². The summed E-state index contributed by atoms with van der Waals surface area (Å²) in [6, 6.07) is 3.22. The molecule has 3 aromatic rings. The van der Waals surface area contributed by atoms with Crippen LogP contribution in [0.3, 0.4) is 0 Å². The standard InChI is InChI=1S/C27H26ClF4N5O2S/c1-4-21(38)37-13(2)9-35(10-14(37)3)25-17-8-18(27(30,31)32)22(15-5-6-20(29)19(28)7-15)24-23(17)36(26(39)34-25)11-16(33)12-40-24/h4-8,13-14,16H,1,9-12,33H2,2-3H3/t13-,14+,16?. The molecular formula is C27H26ClF4N5O2S. The molecule has 1 saturated heterocycles. The normalized spacial score (nSPS) is 21.4. The van der Waals surface area contributed by atoms with Gasteiger partial charge in [0.25, 0.3) is 0 Å². The van der Waals surface area contributed by atoms with E-state index in [1.165, 1.54) is 16.7 Å². The number of thioether (sulfide) groups is 1. The van der Waals surface area contributed by atoms with E-state index in [9.17, 15) is 27.2 Å². The van der Waals surface area contributed by atoms with E-state index in [0.29, 0.717) is 0 Å². The van der Waals surface area contributed by atoms with Gasteiger partial charge in [-0.1, -0.05) is 24.2 Å². The number of halogens is 5. The number of anilines is 1. The van der Waals surface area contributed by atoms with Crippen molar-refractivity contribution in [3.63, 3.8) is 0 Å². The highest BCUT2D eigenvalue weighted by atomic mass is 35.5. The average molecular weight is 596 g/mol. The molecular weight excluding hydrogens is 570 g/mol. The number of aromatic nitrogens is 2. The summed E-state index contributed by atoms with van der Waals surface area (Å²) in [5.74, 6) is -0.674. The molecule has 2 N–H and O–H groups in total. The van der Waals surface area contributed by atoms with Crippen molar-refractivity contribution < 1.29 is 22.4 Å². The fourth-order valence-electron chi connectivity index (χ4n) is 5.62. The van der Waals surface area contributed by atoms with Crippen LogP contribution in [0.15, 0.2) is 46.6 Å². The van der Waals surface area contributed by atoms with E-state index in [0.717, 1.165) is 30.0 Å². The van der Waals surface area contributed by atoms with Gasteiger partial charge in [0.05, 0.1) is 16.1 Å². The molecule has 3 atom stereocenters. The van der Waals surface area contributed by atoms with Gasteiger partial charge >= 0.3 is 11.9 Å². The zero-order valence-electron chi connectivity index (χ0n) is 21.6. The molecule has 40 heavy (non-hydrogen) atoms. The highest BCUT2D eigenvalue weighted by Crippen LogP contribution is 2.48. The summed E-state index contributed by atoms with van der Waals surface area (Å²) in [5, 5.41) is -0.181. The second kappa shape index (κ2) is 10.4. The predicted octanol–water partition coefficient (Wildman–Crippen LogP) is 4.92. The van der Waals surface area contributed by atoms with Crippen LogP contribution in [0, 0.1) is 5.82 Å². The van der Waals surface area contributed by atoms with Crippen molar-refractivity contribution in [3.8, 4) is 11.1 Å². The first-order chi connectivity index (χ1) is 18.8. The molecule has 13 heteroatoms. The topological polar surface area (TPSA) is 84.5 Å². The Kier molecular flexibility index (Phi) is 7.38. The van der Waals surface area contributed by atoms with Gasteiger partial charge in [-0.2, -0.15) is 18.2 Å². The van der Waals surface area contributed by atoms with E-state index < -0.39 is 29.3 Å². The lowest BCUT2D eigenvalue weighted by molar-refractivity contribution is -0.137. The fourth-order valence-corrected chi connectivity index (χ4v) is 7.01. The van der Waals surface area contributed by atoms with Crippen LogP contribution >= 0.6 is 23.4 Å². The van der Waals surface area contributed by atoms with Gasteiger partial charge in [-0.3, -0.25) is 9.36 Å². The summed E-state index contributed by atoms with van der Waals surface area (Å²) in [6.07, 6.45) is -3.58. The molecule has 1 amide bonds. The van der Waals surface area contributed by atoms with Crippen LogP contribution in [0.5, 0.6) is 0 Å². The fraction of sp³-hybridized carbons (Fsp3) is 0.370. The van der Waals surface area contributed by atoms with E-state index in [-0.39, 0.29) is 81.1 Å². The molecule has 1 unspecified atom stereocenters. The van der Waals surface area contributed by atoms with Crippen LogP contribution in [0.4, 0.5) is 23.4 Å². The first-order valence-electron chi connectivity index (χ1n) is 12.5. The molecule has 3 heterocycles. The number of alkyl halides is 3. The summed E-state index contributed by atoms with van der Waals surface area (Å²) in [4.78, 5) is 33.7. The number of carbonyl (C=O) groups excluding carboxylic acids is 1. The third-order valence-corrected chi connectivity index (χ3v) is 8.79. The van der Waals surface area contributed by atoms with Crippen LogP contribution < -0.4 is 16.3 Å². The first-order valence-corrected chi connectivity index (χ1v) is 13.9. The Bertz CT molecular complexity index is 1580. The van der Waals surface area contributed by atoms with E-state index in [2.05, 4.69) is 11.6 Å². The van der Waals surface area contributed by atoms with Gasteiger partial charge < -0.3 is 15.5 Å². The zero-order valence-corrected chi connectivity index (χ0v) is 23.2. The van der Waals surface area contributed by atoms with Crippen molar-refractivity contribution in [2.45, 2.75) is 49.6 Å². The average Bonchev–Trinajstić information content (AvgIpc) is 3.06. The minimum absolute atomic E-state index is 0.0615. The van der Waals surface area contributed by atoms with Crippen molar-refractivity contribution in [2.24, 2.45) is 5.73 Å². The number of piperazine rings is 1. The summed E-state index contributed by atoms with van der Waals surface area (Å²) < 4.78 is 59.4. The van der Waals surface area contributed by atoms with Crippen LogP contribution in [-0.2, 0) is 17.5 Å². The Balaban J connectivity index is 1.82. The lowest BCUT2D eigenvalue weighted by atomic mass is 9.96. The van der Waals surface area contributed by atoms with E-state index >= 15 is 0 Å². The minimum Gasteiger partial charge on any atom is -0.352 e. The Morgan fingerprint density at radius 2 is 1.88 bits per heavy atom. The molecule has 0 radical (unpaired) electrons. The molecule has 0 aliphatic carbocycles. The summed E-state index contributed by atoms with van der Waals surface area (Å²) >= 11 is 7.09. The predicted molar refractivity (Wildman–Crippen MR) is 148 cm³/mol. The third kappa shape index (κ3) is 4.86. The van der Waals surface area contributed by atoms with Crippen molar-refractivity contribution >= 4 is 46.0 Å². The molecule has 2 aliphatic heterocycles. The third-order valence-electron chi connectivity index (χ3n) is 7.22. The Morgan fingerprint density at radius 1 is 1.20 bits per heavy atom. The zero-order chi connectivity index (χ0) is 29.1. The molecule has 1 fully saturated rings. The molecule has 212 valence electrons. The molecule has 2 aliphatic rings. The van der Waals surface area contributed by atoms with Gasteiger partial charge in [0.15, 0.2) is 0 Å². The minimum atomic E-state index is -4.80. The molecule has 0 saturated carbocycles. The Labute approximate surface area is 236 Å². The number of nitrogens with zero attached hydrogens (tertiary/aromatic N) is 4. The molecule has 5 rings (SSSR count).